The molecule has 1 unspecified atom stereocenters. The van der Waals surface area contributed by atoms with Gasteiger partial charge >= 0.3 is 18.3 Å². The molecule has 1 aliphatic carbocycles. The van der Waals surface area contributed by atoms with Crippen LogP contribution in [0.3, 0.4) is 0 Å². The second-order valence-corrected chi connectivity index (χ2v) is 13.7. The molecule has 0 radical (unpaired) electrons. The van der Waals surface area contributed by atoms with Crippen molar-refractivity contribution in [2.45, 2.75) is 90.0 Å². The van der Waals surface area contributed by atoms with Crippen LogP contribution in [0, 0.1) is 16.0 Å². The lowest BCUT2D eigenvalue weighted by Crippen LogP contribution is -2.54. The average molecular weight is 812 g/mol. The van der Waals surface area contributed by atoms with Gasteiger partial charge in [0.05, 0.1) is 18.1 Å². The minimum atomic E-state index is -1.07. The Morgan fingerprint density at radius 3 is 2.33 bits per heavy atom. The van der Waals surface area contributed by atoms with Gasteiger partial charge in [-0.15, -0.1) is 0 Å². The molecule has 2 aromatic rings. The van der Waals surface area contributed by atoms with Crippen LogP contribution in [0.25, 0.3) is 0 Å². The zero-order valence-electron chi connectivity index (χ0n) is 32.7. The Bertz CT molecular complexity index is 1700. The molecule has 58 heavy (non-hydrogen) atoms. The molecule has 19 nitrogen and oxygen atoms in total. The van der Waals surface area contributed by atoms with Gasteiger partial charge in [0.25, 0.3) is 5.69 Å². The van der Waals surface area contributed by atoms with Crippen molar-refractivity contribution in [1.82, 2.24) is 21.3 Å². The van der Waals surface area contributed by atoms with E-state index < -0.39 is 53.0 Å². The molecule has 0 fully saturated rings. The summed E-state index contributed by atoms with van der Waals surface area (Å²) in [7, 11) is 0. The van der Waals surface area contributed by atoms with Crippen molar-refractivity contribution in [1.29, 1.82) is 0 Å². The summed E-state index contributed by atoms with van der Waals surface area (Å²) in [4.78, 5) is 85.3. The molecule has 0 aliphatic heterocycles. The first-order valence-electron chi connectivity index (χ1n) is 19.1. The van der Waals surface area contributed by atoms with E-state index in [4.69, 9.17) is 24.7 Å². The number of carbonyl (C=O) groups excluding carboxylic acids is 6. The molecule has 6 amide bonds. The number of hydrogen-bond acceptors (Lipinski definition) is 12. The van der Waals surface area contributed by atoms with E-state index in [1.54, 1.807) is 38.1 Å². The number of nitrogens with zero attached hydrogens (tertiary/aromatic N) is 1. The molecule has 1 aliphatic rings. The Morgan fingerprint density at radius 1 is 0.897 bits per heavy atom. The predicted molar refractivity (Wildman–Crippen MR) is 210 cm³/mol. The summed E-state index contributed by atoms with van der Waals surface area (Å²) in [5.41, 5.74) is 5.91. The Morgan fingerprint density at radius 2 is 1.64 bits per heavy atom. The van der Waals surface area contributed by atoms with E-state index in [1.165, 1.54) is 24.3 Å². The Hall–Kier alpha value is -6.24. The number of rotatable bonds is 21. The molecule has 0 spiro atoms. The van der Waals surface area contributed by atoms with Crippen LogP contribution in [0.1, 0.15) is 70.8 Å². The van der Waals surface area contributed by atoms with Crippen LogP contribution >= 0.6 is 0 Å². The van der Waals surface area contributed by atoms with E-state index in [0.717, 1.165) is 25.7 Å². The smallest absolute Gasteiger partial charge is 0.446 e. The number of hydrogen-bond donors (Lipinski definition) is 6. The van der Waals surface area contributed by atoms with Crippen molar-refractivity contribution >= 4 is 47.4 Å². The van der Waals surface area contributed by atoms with Crippen molar-refractivity contribution in [3.05, 3.63) is 76.4 Å². The summed E-state index contributed by atoms with van der Waals surface area (Å²) in [6.07, 6.45) is 7.36. The maximum atomic E-state index is 13.5. The van der Waals surface area contributed by atoms with Crippen LogP contribution in [-0.2, 0) is 35.2 Å². The number of alkyl carbamates (subject to hydrolysis) is 1. The van der Waals surface area contributed by atoms with Crippen molar-refractivity contribution in [3.8, 4) is 5.75 Å². The van der Waals surface area contributed by atoms with E-state index in [9.17, 15) is 38.9 Å². The lowest BCUT2D eigenvalue weighted by Gasteiger charge is -2.25. The van der Waals surface area contributed by atoms with Crippen molar-refractivity contribution in [2.75, 3.05) is 31.6 Å². The van der Waals surface area contributed by atoms with Gasteiger partial charge in [0.15, 0.2) is 0 Å². The Balaban J connectivity index is 1.46. The van der Waals surface area contributed by atoms with E-state index in [-0.39, 0.29) is 75.6 Å². The van der Waals surface area contributed by atoms with E-state index in [1.807, 2.05) is 6.08 Å². The first kappa shape index (κ1) is 46.1. The molecule has 0 saturated carbocycles. The van der Waals surface area contributed by atoms with E-state index >= 15 is 0 Å². The summed E-state index contributed by atoms with van der Waals surface area (Å²) in [6, 6.07) is 8.41. The quantitative estimate of drug-likeness (QED) is 0.0257. The summed E-state index contributed by atoms with van der Waals surface area (Å²) in [5.74, 6) is -1.90. The highest BCUT2D eigenvalue weighted by atomic mass is 16.7. The number of allylic oxidation sites excluding steroid dienone is 1. The minimum Gasteiger partial charge on any atom is -0.446 e. The summed E-state index contributed by atoms with van der Waals surface area (Å²) >= 11 is 0. The predicted octanol–water partition coefficient (Wildman–Crippen LogP) is 4.34. The van der Waals surface area contributed by atoms with Crippen LogP contribution < -0.4 is 37.1 Å². The van der Waals surface area contributed by atoms with Gasteiger partial charge in [-0.3, -0.25) is 24.5 Å². The molecule has 3 rings (SSSR count). The van der Waals surface area contributed by atoms with Gasteiger partial charge in [0, 0.05) is 43.8 Å². The molecule has 0 aromatic heterocycles. The van der Waals surface area contributed by atoms with E-state index in [2.05, 4.69) is 32.7 Å². The van der Waals surface area contributed by atoms with Crippen molar-refractivity contribution < 1.29 is 52.6 Å². The number of benzene rings is 2. The number of non-ortho nitro benzene ring substituents is 1. The fourth-order valence-electron chi connectivity index (χ4n) is 5.56. The third kappa shape index (κ3) is 18.1. The summed E-state index contributed by atoms with van der Waals surface area (Å²) in [5, 5.41) is 24.0. The van der Waals surface area contributed by atoms with Gasteiger partial charge in [-0.25, -0.2) is 14.4 Å². The normalized spacial score (nSPS) is 15.3. The lowest BCUT2D eigenvalue weighted by molar-refractivity contribution is -0.384. The molecule has 7 N–H and O–H groups in total. The average Bonchev–Trinajstić information content (AvgIpc) is 3.17. The van der Waals surface area contributed by atoms with Crippen LogP contribution in [0.4, 0.5) is 25.8 Å². The number of nitrogens with two attached hydrogens (primary N) is 1. The van der Waals surface area contributed by atoms with Gasteiger partial charge < -0.3 is 51.3 Å². The molecule has 0 heterocycles. The van der Waals surface area contributed by atoms with Crippen molar-refractivity contribution in [3.63, 3.8) is 0 Å². The molecule has 3 atom stereocenters. The molecular weight excluding hydrogens is 758 g/mol. The minimum absolute atomic E-state index is 0.0392. The van der Waals surface area contributed by atoms with Gasteiger partial charge in [0.1, 0.15) is 30.5 Å². The fourth-order valence-corrected chi connectivity index (χ4v) is 5.56. The first-order chi connectivity index (χ1) is 27.8. The number of urea groups is 1. The first-order valence-corrected chi connectivity index (χ1v) is 19.1. The van der Waals surface area contributed by atoms with Gasteiger partial charge in [0.2, 0.25) is 17.7 Å². The van der Waals surface area contributed by atoms with Crippen LogP contribution in [0.2, 0.25) is 0 Å². The SMILES string of the molecule is CC(C)[C@@H](NC(=O)CCOCCNC(=O)OC1C/C=C/CCCC1)C(=O)N[C@@H](CCCNC(N)=O)C(=O)Nc1ccc(COC(=O)Oc2ccc([N+](=O)[O-])cc2)cc1. The van der Waals surface area contributed by atoms with Crippen LogP contribution in [0.15, 0.2) is 60.7 Å². The van der Waals surface area contributed by atoms with E-state index in [0.29, 0.717) is 17.7 Å². The maximum absolute atomic E-state index is 13.5. The lowest BCUT2D eigenvalue weighted by atomic mass is 10.0. The number of nitrogens with one attached hydrogen (secondary N) is 5. The zero-order chi connectivity index (χ0) is 42.3. The number of nitro groups is 1. The second-order valence-electron chi connectivity index (χ2n) is 13.7. The molecule has 0 saturated heterocycles. The molecule has 19 heteroatoms. The van der Waals surface area contributed by atoms with Crippen molar-refractivity contribution in [2.24, 2.45) is 11.7 Å². The fraction of sp³-hybridized carbons (Fsp3) is 0.487. The number of amides is 6. The largest absolute Gasteiger partial charge is 0.514 e. The summed E-state index contributed by atoms with van der Waals surface area (Å²) < 4.78 is 21.1. The number of carbonyl (C=O) groups is 6. The number of nitro benzene ring substituents is 1. The zero-order valence-corrected chi connectivity index (χ0v) is 32.7. The number of anilines is 1. The highest BCUT2D eigenvalue weighted by Gasteiger charge is 2.29. The van der Waals surface area contributed by atoms with Gasteiger partial charge in [-0.1, -0.05) is 38.1 Å². The number of primary amides is 1. The highest BCUT2D eigenvalue weighted by molar-refractivity contribution is 5.98. The molecule has 0 bridgehead atoms. The van der Waals surface area contributed by atoms with Crippen LogP contribution in [0.5, 0.6) is 5.75 Å². The monoisotopic (exact) mass is 811 g/mol. The third-order valence-electron chi connectivity index (χ3n) is 8.67. The Labute approximate surface area is 336 Å². The standard InChI is InChI=1S/C39H53N7O12/c1-26(2)34(45-33(47)20-23-55-24-22-42-38(51)57-30-9-6-4-3-5-7-10-30)36(49)44-32(11-8-21-41-37(40)50)35(48)43-28-14-12-27(13-15-28)25-56-39(52)58-31-18-16-29(17-19-31)46(53)54/h4,6,12-19,26,30,32,34H,3,5,7-11,20-25H2,1-2H3,(H,42,51)(H,43,48)(H,44,49)(H,45,47)(H3,40,41,50)/b6-4+/t30?,32-,34+/m0/s1. The van der Waals surface area contributed by atoms with Crippen LogP contribution in [-0.4, -0.2) is 85.4 Å². The second kappa shape index (κ2) is 25.1. The highest BCUT2D eigenvalue weighted by Crippen LogP contribution is 2.19. The number of ether oxygens (including phenoxy) is 4. The Kier molecular flexibility index (Phi) is 20.0. The molecule has 2 aromatic carbocycles. The van der Waals surface area contributed by atoms with Gasteiger partial charge in [-0.05, 0) is 74.3 Å². The maximum Gasteiger partial charge on any atom is 0.514 e. The molecule has 316 valence electrons. The van der Waals surface area contributed by atoms with Gasteiger partial charge in [-0.2, -0.15) is 0 Å². The third-order valence-corrected chi connectivity index (χ3v) is 8.67. The molecular formula is C39H53N7O12. The topological polar surface area (TPSA) is 269 Å². The summed E-state index contributed by atoms with van der Waals surface area (Å²) in [6.45, 7) is 3.84.